The molecule has 1 aliphatic rings. The molecule has 0 radical (unpaired) electrons. The van der Waals surface area contributed by atoms with Crippen molar-refractivity contribution in [1.82, 2.24) is 5.43 Å². The van der Waals surface area contributed by atoms with Gasteiger partial charge in [-0.05, 0) is 42.3 Å². The van der Waals surface area contributed by atoms with Crippen LogP contribution in [0, 0.1) is 10.1 Å². The van der Waals surface area contributed by atoms with E-state index in [0.29, 0.717) is 12.2 Å². The molecular formula is C27H29N3O5. The van der Waals surface area contributed by atoms with Gasteiger partial charge < -0.3 is 20.0 Å². The highest BCUT2D eigenvalue weighted by atomic mass is 16.6. The zero-order chi connectivity index (χ0) is 25.3. The van der Waals surface area contributed by atoms with Crippen molar-refractivity contribution in [3.8, 4) is 17.2 Å². The van der Waals surface area contributed by atoms with Crippen molar-refractivity contribution >= 4 is 11.4 Å². The van der Waals surface area contributed by atoms with E-state index in [1.54, 1.807) is 43.5 Å². The molecule has 1 saturated heterocycles. The molecule has 0 amide bonds. The van der Waals surface area contributed by atoms with Crippen molar-refractivity contribution in [1.29, 1.82) is 0 Å². The molecule has 1 fully saturated rings. The molecule has 3 aromatic rings. The van der Waals surface area contributed by atoms with E-state index in [1.807, 2.05) is 37.1 Å². The van der Waals surface area contributed by atoms with Gasteiger partial charge in [0, 0.05) is 34.7 Å². The summed E-state index contributed by atoms with van der Waals surface area (Å²) >= 11 is 0. The quantitative estimate of drug-likeness (QED) is 0.229. The van der Waals surface area contributed by atoms with Crippen LogP contribution < -0.4 is 15.2 Å². The molecule has 3 N–H and O–H groups in total. The minimum atomic E-state index is -0.480. The van der Waals surface area contributed by atoms with Gasteiger partial charge in [0.1, 0.15) is 17.2 Å². The van der Waals surface area contributed by atoms with Crippen LogP contribution in [0.3, 0.4) is 0 Å². The molecule has 182 valence electrons. The van der Waals surface area contributed by atoms with E-state index >= 15 is 0 Å². The largest absolute Gasteiger partial charge is 0.508 e. The SMILES string of the molecule is C=CC(C)(C)c1cc(C2CC(c3ccc(O)cc3)NN2c2ccc([N+](=O)[O-])cc2)c(OC)cc1O. The lowest BCUT2D eigenvalue weighted by molar-refractivity contribution is -0.384. The van der Waals surface area contributed by atoms with Crippen LogP contribution in [-0.2, 0) is 5.41 Å². The normalized spacial score (nSPS) is 17.9. The lowest BCUT2D eigenvalue weighted by Crippen LogP contribution is -2.34. The Labute approximate surface area is 204 Å². The molecular weight excluding hydrogens is 446 g/mol. The molecule has 2 unspecified atom stereocenters. The van der Waals surface area contributed by atoms with Crippen molar-refractivity contribution in [2.24, 2.45) is 0 Å². The third-order valence-corrected chi connectivity index (χ3v) is 6.61. The third kappa shape index (κ3) is 4.65. The molecule has 0 aromatic heterocycles. The first kappa shape index (κ1) is 24.1. The Morgan fingerprint density at radius 1 is 1.14 bits per heavy atom. The van der Waals surface area contributed by atoms with Crippen LogP contribution in [0.1, 0.15) is 49.0 Å². The van der Waals surface area contributed by atoms with E-state index in [0.717, 1.165) is 22.4 Å². The summed E-state index contributed by atoms with van der Waals surface area (Å²) in [5.74, 6) is 0.849. The number of hydrogen-bond acceptors (Lipinski definition) is 7. The van der Waals surface area contributed by atoms with Gasteiger partial charge in [-0.15, -0.1) is 6.58 Å². The molecule has 0 saturated carbocycles. The fourth-order valence-corrected chi connectivity index (χ4v) is 4.46. The molecule has 8 nitrogen and oxygen atoms in total. The highest BCUT2D eigenvalue weighted by molar-refractivity contribution is 5.57. The van der Waals surface area contributed by atoms with E-state index in [-0.39, 0.29) is 29.3 Å². The number of nitrogens with zero attached hydrogens (tertiary/aromatic N) is 2. The summed E-state index contributed by atoms with van der Waals surface area (Å²) in [4.78, 5) is 10.7. The fourth-order valence-electron chi connectivity index (χ4n) is 4.46. The van der Waals surface area contributed by atoms with Crippen LogP contribution in [0.25, 0.3) is 0 Å². The minimum absolute atomic E-state index is 0.0109. The number of aromatic hydroxyl groups is 2. The number of anilines is 1. The predicted octanol–water partition coefficient (Wildman–Crippen LogP) is 5.68. The molecule has 2 atom stereocenters. The van der Waals surface area contributed by atoms with Gasteiger partial charge >= 0.3 is 0 Å². The van der Waals surface area contributed by atoms with Crippen LogP contribution in [0.5, 0.6) is 17.2 Å². The topological polar surface area (TPSA) is 108 Å². The molecule has 0 spiro atoms. The van der Waals surface area contributed by atoms with Gasteiger partial charge in [0.15, 0.2) is 0 Å². The summed E-state index contributed by atoms with van der Waals surface area (Å²) < 4.78 is 5.67. The van der Waals surface area contributed by atoms with Gasteiger partial charge in [-0.2, -0.15) is 0 Å². The van der Waals surface area contributed by atoms with Gasteiger partial charge in [-0.25, -0.2) is 5.43 Å². The van der Waals surface area contributed by atoms with E-state index in [1.165, 1.54) is 12.1 Å². The zero-order valence-electron chi connectivity index (χ0n) is 19.9. The van der Waals surface area contributed by atoms with Crippen molar-refractivity contribution < 1.29 is 19.9 Å². The second-order valence-corrected chi connectivity index (χ2v) is 9.21. The molecule has 35 heavy (non-hydrogen) atoms. The molecule has 8 heteroatoms. The predicted molar refractivity (Wildman–Crippen MR) is 135 cm³/mol. The van der Waals surface area contributed by atoms with Gasteiger partial charge in [0.2, 0.25) is 0 Å². The number of nitrogens with one attached hydrogen (secondary N) is 1. The average Bonchev–Trinajstić information content (AvgIpc) is 3.29. The molecule has 0 aliphatic carbocycles. The Kier molecular flexibility index (Phi) is 6.41. The number of hydrogen-bond donors (Lipinski definition) is 3. The maximum Gasteiger partial charge on any atom is 0.269 e. The van der Waals surface area contributed by atoms with E-state index in [9.17, 15) is 20.3 Å². The Hall–Kier alpha value is -4.04. The van der Waals surface area contributed by atoms with Crippen molar-refractivity contribution in [3.05, 3.63) is 100 Å². The molecule has 1 aliphatic heterocycles. The Balaban J connectivity index is 1.83. The number of benzene rings is 3. The monoisotopic (exact) mass is 475 g/mol. The standard InChI is InChI=1S/C27H29N3O5/c1-5-27(2,3)22-14-21(26(35-4)16-25(22)32)24-15-23(17-6-12-20(31)13-7-17)28-29(24)18-8-10-19(11-9-18)30(33)34/h5-14,16,23-24,28,31-32H,1,15H2,2-4H3. The highest BCUT2D eigenvalue weighted by Gasteiger charge is 2.37. The lowest BCUT2D eigenvalue weighted by Gasteiger charge is -2.30. The molecule has 0 bridgehead atoms. The summed E-state index contributed by atoms with van der Waals surface area (Å²) in [6.45, 7) is 7.88. The summed E-state index contributed by atoms with van der Waals surface area (Å²) in [6.07, 6.45) is 2.44. The highest BCUT2D eigenvalue weighted by Crippen LogP contribution is 2.46. The van der Waals surface area contributed by atoms with Crippen LogP contribution in [-0.4, -0.2) is 22.2 Å². The molecule has 3 aromatic carbocycles. The smallest absolute Gasteiger partial charge is 0.269 e. The zero-order valence-corrected chi connectivity index (χ0v) is 19.9. The molecule has 1 heterocycles. The van der Waals surface area contributed by atoms with Crippen LogP contribution in [0.4, 0.5) is 11.4 Å². The van der Waals surface area contributed by atoms with Crippen molar-refractivity contribution in [3.63, 3.8) is 0 Å². The Morgan fingerprint density at radius 3 is 2.37 bits per heavy atom. The van der Waals surface area contributed by atoms with Gasteiger partial charge in [0.05, 0.1) is 29.8 Å². The molecule has 4 rings (SSSR count). The maximum atomic E-state index is 11.2. The first-order chi connectivity index (χ1) is 16.6. The van der Waals surface area contributed by atoms with E-state index in [2.05, 4.69) is 12.0 Å². The number of methoxy groups -OCH3 is 1. The summed E-state index contributed by atoms with van der Waals surface area (Å²) in [7, 11) is 1.56. The second kappa shape index (κ2) is 9.31. The van der Waals surface area contributed by atoms with Crippen molar-refractivity contribution in [2.75, 3.05) is 12.1 Å². The van der Waals surface area contributed by atoms with Crippen LogP contribution in [0.2, 0.25) is 0 Å². The number of phenols is 2. The first-order valence-electron chi connectivity index (χ1n) is 11.3. The second-order valence-electron chi connectivity index (χ2n) is 9.21. The van der Waals surface area contributed by atoms with Crippen LogP contribution >= 0.6 is 0 Å². The minimum Gasteiger partial charge on any atom is -0.508 e. The van der Waals surface area contributed by atoms with Crippen molar-refractivity contribution in [2.45, 2.75) is 37.8 Å². The maximum absolute atomic E-state index is 11.2. The lowest BCUT2D eigenvalue weighted by atomic mass is 9.82. The van der Waals surface area contributed by atoms with E-state index in [4.69, 9.17) is 4.74 Å². The van der Waals surface area contributed by atoms with E-state index < -0.39 is 10.3 Å². The Bertz CT molecular complexity index is 1240. The number of nitro groups is 1. The Morgan fingerprint density at radius 2 is 1.80 bits per heavy atom. The summed E-state index contributed by atoms with van der Waals surface area (Å²) in [5.41, 5.74) is 6.38. The first-order valence-corrected chi connectivity index (χ1v) is 11.3. The summed E-state index contributed by atoms with van der Waals surface area (Å²) in [6, 6.07) is 16.6. The third-order valence-electron chi connectivity index (χ3n) is 6.61. The fraction of sp³-hybridized carbons (Fsp3) is 0.259. The van der Waals surface area contributed by atoms with Gasteiger partial charge in [-0.3, -0.25) is 10.1 Å². The number of rotatable bonds is 7. The number of non-ortho nitro benzene ring substituents is 1. The summed E-state index contributed by atoms with van der Waals surface area (Å²) in [5, 5.41) is 33.6. The average molecular weight is 476 g/mol. The van der Waals surface area contributed by atoms with Crippen LogP contribution in [0.15, 0.2) is 73.3 Å². The van der Waals surface area contributed by atoms with Gasteiger partial charge in [-0.1, -0.05) is 32.1 Å². The number of phenolic OH excluding ortho intramolecular Hbond substituents is 2. The van der Waals surface area contributed by atoms with Gasteiger partial charge in [0.25, 0.3) is 5.69 Å². The number of nitro benzene ring substituents is 1. The number of allylic oxidation sites excluding steroid dienone is 1. The number of hydrazine groups is 1. The number of ether oxygens (including phenoxy) is 1.